The number of carbonyl (C=O) groups is 1. The van der Waals surface area contributed by atoms with E-state index < -0.39 is 5.41 Å². The Kier molecular flexibility index (Phi) is 8.05. The maximum Gasteiger partial charge on any atom is 0.172 e. The van der Waals surface area contributed by atoms with E-state index in [1.165, 1.54) is 0 Å². The second-order valence-corrected chi connectivity index (χ2v) is 9.69. The number of nitrogens with zero attached hydrogens (tertiary/aromatic N) is 3. The number of aromatic amines is 1. The normalized spacial score (nSPS) is 12.2. The molecule has 1 aromatic carbocycles. The van der Waals surface area contributed by atoms with Gasteiger partial charge in [0.05, 0.1) is 38.3 Å². The highest BCUT2D eigenvalue weighted by molar-refractivity contribution is 7.46. The number of aliphatic hydroxyl groups excluding tert-OH is 1. The molecule has 0 aliphatic rings. The minimum Gasteiger partial charge on any atom is -0.493 e. The monoisotopic (exact) mass is 472 g/mol. The summed E-state index contributed by atoms with van der Waals surface area (Å²) in [7, 11) is 5.70. The number of aliphatic hydroxyl groups is 1. The molecule has 0 saturated heterocycles. The number of likely N-dealkylation sites (N-methyl/N-ethyl adjacent to an activating group) is 1. The lowest BCUT2D eigenvalue weighted by atomic mass is 9.81. The molecule has 8 nitrogen and oxygen atoms in total. The molecule has 1 atom stereocenters. The highest BCUT2D eigenvalue weighted by Gasteiger charge is 2.31. The third-order valence-electron chi connectivity index (χ3n) is 5.88. The second-order valence-electron chi connectivity index (χ2n) is 8.65. The van der Waals surface area contributed by atoms with Crippen LogP contribution in [0, 0.1) is 5.41 Å². The molecule has 2 heterocycles. The van der Waals surface area contributed by atoms with Crippen LogP contribution in [0.25, 0.3) is 22.4 Å². The Morgan fingerprint density at radius 1 is 1.24 bits per heavy atom. The van der Waals surface area contributed by atoms with Gasteiger partial charge in [0.15, 0.2) is 22.9 Å². The van der Waals surface area contributed by atoms with Crippen LogP contribution in [0.4, 0.5) is 0 Å². The van der Waals surface area contributed by atoms with Gasteiger partial charge in [-0.15, -0.1) is 0 Å². The Bertz CT molecular complexity index is 1100. The molecule has 0 fully saturated rings. The van der Waals surface area contributed by atoms with Crippen molar-refractivity contribution < 1.29 is 19.4 Å². The van der Waals surface area contributed by atoms with Gasteiger partial charge in [0.1, 0.15) is 5.52 Å². The number of aromatic nitrogens is 3. The van der Waals surface area contributed by atoms with Crippen molar-refractivity contribution in [2.45, 2.75) is 20.3 Å². The second kappa shape index (κ2) is 10.6. The van der Waals surface area contributed by atoms with Crippen LogP contribution in [0.1, 0.15) is 30.6 Å². The lowest BCUT2D eigenvalue weighted by Gasteiger charge is -2.25. The van der Waals surface area contributed by atoms with E-state index in [1.54, 1.807) is 26.6 Å². The first-order valence-electron chi connectivity index (χ1n) is 10.9. The lowest BCUT2D eigenvalue weighted by molar-refractivity contribution is 0.0810. The van der Waals surface area contributed by atoms with Crippen LogP contribution >= 0.6 is 8.58 Å². The fourth-order valence-electron chi connectivity index (χ4n) is 3.73. The van der Waals surface area contributed by atoms with E-state index in [4.69, 9.17) is 19.6 Å². The molecule has 1 unspecified atom stereocenters. The van der Waals surface area contributed by atoms with Crippen molar-refractivity contribution in [3.63, 3.8) is 0 Å². The number of H-pyrrole nitrogens is 1. The van der Waals surface area contributed by atoms with Crippen LogP contribution in [0.5, 0.6) is 11.5 Å². The first kappa shape index (κ1) is 25.1. The van der Waals surface area contributed by atoms with Crippen LogP contribution in [0.2, 0.25) is 0 Å². The average Bonchev–Trinajstić information content (AvgIpc) is 3.24. The fourth-order valence-corrected chi connectivity index (χ4v) is 4.48. The molecule has 0 bridgehead atoms. The number of hydrogen-bond donors (Lipinski definition) is 2. The molecule has 0 spiro atoms. The number of hydrogen-bond acceptors (Lipinski definition) is 7. The number of Topliss-reactive ketones (excluding diaryl/α,β-unsaturated/α-hetero) is 1. The number of ketones is 1. The number of methoxy groups -OCH3 is 2. The Labute approximate surface area is 196 Å². The van der Waals surface area contributed by atoms with Crippen LogP contribution in [0.3, 0.4) is 0 Å². The van der Waals surface area contributed by atoms with Crippen LogP contribution in [0.15, 0.2) is 24.5 Å². The topological polar surface area (TPSA) is 101 Å². The Morgan fingerprint density at radius 3 is 2.64 bits per heavy atom. The number of nitrogens with one attached hydrogen (secondary N) is 1. The molecule has 9 heteroatoms. The van der Waals surface area contributed by atoms with Crippen molar-refractivity contribution in [3.05, 3.63) is 30.1 Å². The van der Waals surface area contributed by atoms with Crippen molar-refractivity contribution in [2.75, 3.05) is 47.6 Å². The predicted octanol–water partition coefficient (Wildman–Crippen LogP) is 3.10. The number of rotatable bonds is 11. The van der Waals surface area contributed by atoms with Gasteiger partial charge in [-0.3, -0.25) is 4.79 Å². The number of benzene rings is 1. The molecule has 0 aliphatic carbocycles. The minimum atomic E-state index is -0.587. The molecule has 33 heavy (non-hydrogen) atoms. The zero-order valence-corrected chi connectivity index (χ0v) is 21.2. The van der Waals surface area contributed by atoms with E-state index in [9.17, 15) is 4.79 Å². The van der Waals surface area contributed by atoms with E-state index in [-0.39, 0.29) is 12.4 Å². The van der Waals surface area contributed by atoms with Crippen molar-refractivity contribution in [1.82, 2.24) is 19.9 Å². The third-order valence-corrected chi connectivity index (χ3v) is 6.79. The molecule has 0 amide bonds. The predicted molar refractivity (Wildman–Crippen MR) is 134 cm³/mol. The Hall–Kier alpha value is -2.54. The first-order chi connectivity index (χ1) is 15.7. The summed E-state index contributed by atoms with van der Waals surface area (Å²) < 4.78 is 11.1. The van der Waals surface area contributed by atoms with Gasteiger partial charge in [-0.1, -0.05) is 22.4 Å². The molecule has 3 aromatic rings. The van der Waals surface area contributed by atoms with Gasteiger partial charge in [0.25, 0.3) is 0 Å². The van der Waals surface area contributed by atoms with Crippen LogP contribution in [-0.2, 0) is 0 Å². The molecular weight excluding hydrogens is 439 g/mol. The van der Waals surface area contributed by atoms with E-state index in [0.717, 1.165) is 16.6 Å². The maximum absolute atomic E-state index is 13.5. The third kappa shape index (κ3) is 5.35. The van der Waals surface area contributed by atoms with E-state index >= 15 is 0 Å². The van der Waals surface area contributed by atoms with Gasteiger partial charge in [-0.25, -0.2) is 9.97 Å². The van der Waals surface area contributed by atoms with Gasteiger partial charge in [-0.2, -0.15) is 0 Å². The van der Waals surface area contributed by atoms with E-state index in [1.807, 2.05) is 37.9 Å². The molecule has 0 saturated carbocycles. The van der Waals surface area contributed by atoms with Gasteiger partial charge in [0.2, 0.25) is 0 Å². The average molecular weight is 473 g/mol. The summed E-state index contributed by atoms with van der Waals surface area (Å²) in [4.78, 5) is 27.9. The molecule has 2 N–H and O–H groups in total. The van der Waals surface area contributed by atoms with Crippen molar-refractivity contribution >= 4 is 30.8 Å². The highest BCUT2D eigenvalue weighted by atomic mass is 31.1. The zero-order valence-electron chi connectivity index (χ0n) is 20.2. The summed E-state index contributed by atoms with van der Waals surface area (Å²) in [6, 6.07) is 3.91. The summed E-state index contributed by atoms with van der Waals surface area (Å²) in [5.74, 6) is 1.38. The maximum atomic E-state index is 13.5. The molecule has 2 aromatic heterocycles. The van der Waals surface area contributed by atoms with Crippen LogP contribution < -0.4 is 14.8 Å². The fraction of sp³-hybridized carbons (Fsp3) is 0.458. The van der Waals surface area contributed by atoms with Crippen LogP contribution in [-0.4, -0.2) is 78.4 Å². The SMILES string of the molecule is COc1cc(-c2cnc3[nH]cc(C(=O)C(C)(C)CCN(C)CCO)c3n2)cc(PC)c1OC. The zero-order chi connectivity index (χ0) is 24.2. The summed E-state index contributed by atoms with van der Waals surface area (Å²) in [5.41, 5.74) is 2.61. The van der Waals surface area contributed by atoms with Crippen molar-refractivity contribution in [1.29, 1.82) is 0 Å². The quantitative estimate of drug-likeness (QED) is 0.327. The van der Waals surface area contributed by atoms with E-state index in [2.05, 4.69) is 16.6 Å². The van der Waals surface area contributed by atoms with Gasteiger partial charge in [-0.05, 0) is 38.8 Å². The van der Waals surface area contributed by atoms with E-state index in [0.29, 0.717) is 56.3 Å². The first-order valence-corrected chi connectivity index (χ1v) is 12.4. The smallest absolute Gasteiger partial charge is 0.172 e. The summed E-state index contributed by atoms with van der Waals surface area (Å²) in [6.45, 7) is 7.37. The number of fused-ring (bicyclic) bond motifs is 1. The Balaban J connectivity index is 1.98. The summed E-state index contributed by atoms with van der Waals surface area (Å²) in [6.07, 6.45) is 4.06. The highest BCUT2D eigenvalue weighted by Crippen LogP contribution is 2.34. The summed E-state index contributed by atoms with van der Waals surface area (Å²) >= 11 is 0. The largest absolute Gasteiger partial charge is 0.493 e. The Morgan fingerprint density at radius 2 is 2.00 bits per heavy atom. The lowest BCUT2D eigenvalue weighted by Crippen LogP contribution is -2.31. The van der Waals surface area contributed by atoms with Gasteiger partial charge < -0.3 is 24.5 Å². The minimum absolute atomic E-state index is 0.0145. The number of carbonyl (C=O) groups excluding carboxylic acids is 1. The standard InChI is InChI=1S/C24H33N4O4P/c1-24(2,7-8-28(3)9-10-29)22(30)16-13-25-23-20(16)27-17(14-26-23)15-11-18(31-4)21(32-5)19(12-15)33-6/h11-14,29,33H,7-10H2,1-6H3,(H,25,26). The molecular formula is C24H33N4O4P. The molecule has 0 aliphatic heterocycles. The molecule has 3 rings (SSSR count). The molecule has 0 radical (unpaired) electrons. The number of ether oxygens (including phenoxy) is 2. The summed E-state index contributed by atoms with van der Waals surface area (Å²) in [5, 5.41) is 10.2. The van der Waals surface area contributed by atoms with Crippen molar-refractivity contribution in [2.24, 2.45) is 5.41 Å². The van der Waals surface area contributed by atoms with Crippen molar-refractivity contribution in [3.8, 4) is 22.8 Å². The molecule has 178 valence electrons. The van der Waals surface area contributed by atoms with Gasteiger partial charge in [0, 0.05) is 29.0 Å². The van der Waals surface area contributed by atoms with Gasteiger partial charge >= 0.3 is 0 Å².